The first-order valence-corrected chi connectivity index (χ1v) is 9.29. The molecule has 0 unspecified atom stereocenters. The Bertz CT molecular complexity index is 881. The molecule has 0 spiro atoms. The molecule has 0 radical (unpaired) electrons. The second-order valence-corrected chi connectivity index (χ2v) is 7.59. The molecule has 2 aromatic rings. The van der Waals surface area contributed by atoms with Crippen molar-refractivity contribution in [3.8, 4) is 0 Å². The third kappa shape index (κ3) is 3.94. The summed E-state index contributed by atoms with van der Waals surface area (Å²) >= 11 is 0. The van der Waals surface area contributed by atoms with Crippen molar-refractivity contribution in [1.29, 1.82) is 0 Å². The van der Waals surface area contributed by atoms with Crippen LogP contribution >= 0.6 is 0 Å². The van der Waals surface area contributed by atoms with E-state index in [9.17, 15) is 18.5 Å². The van der Waals surface area contributed by atoms with Crippen LogP contribution in [0, 0.1) is 10.1 Å². The standard InChI is InChI=1S/C16H17N3O5S/c20-19(21)16-9-6-14(24-16)12-17-13-4-7-15(8-5-13)25(22,23)18-10-2-1-3-11-18/h4-9,12H,1-3,10-11H2. The van der Waals surface area contributed by atoms with E-state index in [0.29, 0.717) is 18.8 Å². The smallest absolute Gasteiger partial charge is 0.400 e. The Morgan fingerprint density at radius 3 is 2.36 bits per heavy atom. The summed E-state index contributed by atoms with van der Waals surface area (Å²) in [6.45, 7) is 1.11. The van der Waals surface area contributed by atoms with Crippen LogP contribution in [0.25, 0.3) is 0 Å². The molecule has 0 bridgehead atoms. The number of nitro groups is 1. The van der Waals surface area contributed by atoms with Crippen molar-refractivity contribution in [2.75, 3.05) is 13.1 Å². The first kappa shape index (κ1) is 17.3. The Kier molecular flexibility index (Phi) is 4.95. The van der Waals surface area contributed by atoms with Crippen LogP contribution in [-0.4, -0.2) is 37.0 Å². The molecule has 1 aliphatic heterocycles. The largest absolute Gasteiger partial charge is 0.433 e. The Hall–Kier alpha value is -2.52. The molecule has 0 atom stereocenters. The number of hydrogen-bond acceptors (Lipinski definition) is 6. The molecule has 132 valence electrons. The van der Waals surface area contributed by atoms with Crippen molar-refractivity contribution in [3.63, 3.8) is 0 Å². The van der Waals surface area contributed by atoms with Crippen molar-refractivity contribution in [2.45, 2.75) is 24.2 Å². The van der Waals surface area contributed by atoms with Crippen LogP contribution < -0.4 is 0 Å². The molecular weight excluding hydrogens is 346 g/mol. The molecule has 8 nitrogen and oxygen atoms in total. The van der Waals surface area contributed by atoms with Crippen LogP contribution in [0.3, 0.4) is 0 Å². The van der Waals surface area contributed by atoms with Gasteiger partial charge in [0.05, 0.1) is 22.9 Å². The van der Waals surface area contributed by atoms with Gasteiger partial charge in [-0.15, -0.1) is 0 Å². The Morgan fingerprint density at radius 2 is 1.76 bits per heavy atom. The van der Waals surface area contributed by atoms with Crippen molar-refractivity contribution < 1.29 is 17.8 Å². The summed E-state index contributed by atoms with van der Waals surface area (Å²) in [5, 5.41) is 10.6. The van der Waals surface area contributed by atoms with Crippen LogP contribution in [0.4, 0.5) is 11.6 Å². The predicted octanol–water partition coefficient (Wildman–Crippen LogP) is 3.11. The van der Waals surface area contributed by atoms with Crippen LogP contribution in [-0.2, 0) is 10.0 Å². The van der Waals surface area contributed by atoms with Gasteiger partial charge in [-0.3, -0.25) is 15.1 Å². The zero-order valence-electron chi connectivity index (χ0n) is 13.4. The first-order chi connectivity index (χ1) is 12.0. The normalized spacial score (nSPS) is 16.3. The van der Waals surface area contributed by atoms with E-state index >= 15 is 0 Å². The SMILES string of the molecule is O=[N+]([O-])c1ccc(C=Nc2ccc(S(=O)(=O)N3CCCCC3)cc2)o1. The molecule has 1 aromatic heterocycles. The summed E-state index contributed by atoms with van der Waals surface area (Å²) in [7, 11) is -3.46. The quantitative estimate of drug-likeness (QED) is 0.461. The van der Waals surface area contributed by atoms with Gasteiger partial charge in [-0.25, -0.2) is 8.42 Å². The molecule has 1 fully saturated rings. The topological polar surface area (TPSA) is 106 Å². The molecule has 3 rings (SSSR count). The van der Waals surface area contributed by atoms with Gasteiger partial charge in [0.25, 0.3) is 0 Å². The highest BCUT2D eigenvalue weighted by atomic mass is 32.2. The lowest BCUT2D eigenvalue weighted by Gasteiger charge is -2.25. The summed E-state index contributed by atoms with van der Waals surface area (Å²) in [5.41, 5.74) is 0.525. The average molecular weight is 363 g/mol. The maximum atomic E-state index is 12.6. The van der Waals surface area contributed by atoms with Gasteiger partial charge >= 0.3 is 5.88 Å². The van der Waals surface area contributed by atoms with Crippen molar-refractivity contribution in [2.24, 2.45) is 4.99 Å². The molecule has 9 heteroatoms. The third-order valence-electron chi connectivity index (χ3n) is 3.92. The van der Waals surface area contributed by atoms with Crippen molar-refractivity contribution >= 4 is 27.8 Å². The maximum Gasteiger partial charge on any atom is 0.433 e. The van der Waals surface area contributed by atoms with Gasteiger partial charge in [0.1, 0.15) is 4.92 Å². The van der Waals surface area contributed by atoms with Crippen LogP contribution in [0.1, 0.15) is 25.0 Å². The Morgan fingerprint density at radius 1 is 1.08 bits per heavy atom. The van der Waals surface area contributed by atoms with Crippen molar-refractivity contribution in [1.82, 2.24) is 4.31 Å². The zero-order valence-corrected chi connectivity index (χ0v) is 14.2. The number of sulfonamides is 1. The lowest BCUT2D eigenvalue weighted by Crippen LogP contribution is -2.35. The molecule has 2 heterocycles. The number of rotatable bonds is 5. The minimum absolute atomic E-state index is 0.238. The molecule has 25 heavy (non-hydrogen) atoms. The average Bonchev–Trinajstić information content (AvgIpc) is 3.10. The Labute approximate surface area is 145 Å². The summed E-state index contributed by atoms with van der Waals surface area (Å²) in [6, 6.07) is 8.89. The third-order valence-corrected chi connectivity index (χ3v) is 5.84. The van der Waals surface area contributed by atoms with Gasteiger partial charge in [0, 0.05) is 13.1 Å². The molecule has 1 aromatic carbocycles. The Balaban J connectivity index is 1.73. The molecular formula is C16H17N3O5S. The highest BCUT2D eigenvalue weighted by Gasteiger charge is 2.25. The second-order valence-electron chi connectivity index (χ2n) is 5.65. The number of piperidine rings is 1. The molecule has 1 aliphatic rings. The summed E-state index contributed by atoms with van der Waals surface area (Å²) in [6.07, 6.45) is 4.18. The van der Waals surface area contributed by atoms with E-state index < -0.39 is 14.9 Å². The lowest BCUT2D eigenvalue weighted by molar-refractivity contribution is -0.402. The van der Waals surface area contributed by atoms with Crippen LogP contribution in [0.5, 0.6) is 0 Å². The molecule has 0 amide bonds. The van der Waals surface area contributed by atoms with Gasteiger partial charge in [0.2, 0.25) is 10.0 Å². The fourth-order valence-electron chi connectivity index (χ4n) is 2.61. The fourth-order valence-corrected chi connectivity index (χ4v) is 4.12. The number of aliphatic imine (C=N–C) groups is 1. The van der Waals surface area contributed by atoms with E-state index in [4.69, 9.17) is 4.42 Å². The van der Waals surface area contributed by atoms with E-state index in [0.717, 1.165) is 19.3 Å². The number of nitrogens with zero attached hydrogens (tertiary/aromatic N) is 3. The van der Waals surface area contributed by atoms with Gasteiger partial charge < -0.3 is 4.42 Å². The molecule has 1 saturated heterocycles. The van der Waals surface area contributed by atoms with E-state index in [2.05, 4.69) is 4.99 Å². The molecule has 0 aliphatic carbocycles. The van der Waals surface area contributed by atoms with Gasteiger partial charge in [0.15, 0.2) is 5.76 Å². The second kappa shape index (κ2) is 7.16. The molecule has 0 N–H and O–H groups in total. The lowest BCUT2D eigenvalue weighted by atomic mass is 10.2. The molecule has 0 saturated carbocycles. The first-order valence-electron chi connectivity index (χ1n) is 7.85. The number of benzene rings is 1. The van der Waals surface area contributed by atoms with Crippen LogP contribution in [0.2, 0.25) is 0 Å². The maximum absolute atomic E-state index is 12.6. The number of hydrogen-bond donors (Lipinski definition) is 0. The summed E-state index contributed by atoms with van der Waals surface area (Å²) in [4.78, 5) is 14.3. The predicted molar refractivity (Wildman–Crippen MR) is 91.7 cm³/mol. The van der Waals surface area contributed by atoms with E-state index in [-0.39, 0.29) is 16.5 Å². The van der Waals surface area contributed by atoms with E-state index in [1.165, 1.54) is 34.8 Å². The fraction of sp³-hybridized carbons (Fsp3) is 0.312. The van der Waals surface area contributed by atoms with E-state index in [1.807, 2.05) is 0 Å². The van der Waals surface area contributed by atoms with Crippen molar-refractivity contribution in [3.05, 3.63) is 52.3 Å². The van der Waals surface area contributed by atoms with Gasteiger partial charge in [-0.1, -0.05) is 6.42 Å². The summed E-state index contributed by atoms with van der Waals surface area (Å²) < 4.78 is 31.6. The summed E-state index contributed by atoms with van der Waals surface area (Å²) in [5.74, 6) is -0.110. The highest BCUT2D eigenvalue weighted by molar-refractivity contribution is 7.89. The zero-order chi connectivity index (χ0) is 17.9. The van der Waals surface area contributed by atoms with E-state index in [1.54, 1.807) is 12.1 Å². The minimum Gasteiger partial charge on any atom is -0.400 e. The highest BCUT2D eigenvalue weighted by Crippen LogP contribution is 2.23. The monoisotopic (exact) mass is 363 g/mol. The van der Waals surface area contributed by atoms with Gasteiger partial charge in [-0.05, 0) is 43.2 Å². The minimum atomic E-state index is -3.46. The van der Waals surface area contributed by atoms with Gasteiger partial charge in [-0.2, -0.15) is 4.31 Å². The number of furan rings is 1. The van der Waals surface area contributed by atoms with Crippen LogP contribution in [0.15, 0.2) is 50.7 Å².